The van der Waals surface area contributed by atoms with E-state index < -0.39 is 0 Å². The maximum absolute atomic E-state index is 6.00. The summed E-state index contributed by atoms with van der Waals surface area (Å²) >= 11 is 0. The molecule has 0 radical (unpaired) electrons. The van der Waals surface area contributed by atoms with E-state index in [1.165, 1.54) is 0 Å². The van der Waals surface area contributed by atoms with Crippen LogP contribution in [0.1, 0.15) is 11.1 Å². The van der Waals surface area contributed by atoms with Gasteiger partial charge in [0.2, 0.25) is 5.89 Å². The second kappa shape index (κ2) is 4.88. The van der Waals surface area contributed by atoms with Crippen molar-refractivity contribution in [1.29, 1.82) is 0 Å². The quantitative estimate of drug-likeness (QED) is 0.498. The summed E-state index contributed by atoms with van der Waals surface area (Å²) in [5.74, 6) is 1.50. The summed E-state index contributed by atoms with van der Waals surface area (Å²) in [4.78, 5) is 4.67. The summed E-state index contributed by atoms with van der Waals surface area (Å²) in [6, 6.07) is 16.0. The fourth-order valence-corrected chi connectivity index (χ4v) is 2.71. The van der Waals surface area contributed by atoms with Crippen LogP contribution in [0.2, 0.25) is 0 Å². The molecule has 3 nitrogen and oxygen atoms in total. The van der Waals surface area contributed by atoms with Crippen LogP contribution in [0.25, 0.3) is 33.9 Å². The Morgan fingerprint density at radius 2 is 1.77 bits per heavy atom. The molecule has 22 heavy (non-hydrogen) atoms. The van der Waals surface area contributed by atoms with Gasteiger partial charge in [0.25, 0.3) is 0 Å². The molecule has 0 unspecified atom stereocenters. The van der Waals surface area contributed by atoms with Crippen molar-refractivity contribution in [3.63, 3.8) is 0 Å². The molecule has 0 spiro atoms. The number of nitrogens with zero attached hydrogens (tertiary/aromatic N) is 1. The van der Waals surface area contributed by atoms with Crippen LogP contribution in [0.5, 0.6) is 0 Å². The number of fused-ring (bicyclic) bond motifs is 1. The number of aromatic nitrogens is 1. The lowest BCUT2D eigenvalue weighted by Gasteiger charge is -1.99. The molecule has 0 saturated carbocycles. The van der Waals surface area contributed by atoms with Gasteiger partial charge in [-0.05, 0) is 55.3 Å². The third-order valence-corrected chi connectivity index (χ3v) is 3.86. The Morgan fingerprint density at radius 3 is 2.55 bits per heavy atom. The van der Waals surface area contributed by atoms with Crippen LogP contribution in [0, 0.1) is 13.8 Å². The van der Waals surface area contributed by atoms with E-state index in [2.05, 4.69) is 24.0 Å². The van der Waals surface area contributed by atoms with E-state index in [-0.39, 0.29) is 0 Å². The van der Waals surface area contributed by atoms with E-state index in [0.29, 0.717) is 5.89 Å². The van der Waals surface area contributed by atoms with Gasteiger partial charge < -0.3 is 8.83 Å². The van der Waals surface area contributed by atoms with Crippen molar-refractivity contribution in [3.05, 3.63) is 65.9 Å². The first-order valence-corrected chi connectivity index (χ1v) is 7.23. The summed E-state index contributed by atoms with van der Waals surface area (Å²) in [5.41, 5.74) is 5.92. The van der Waals surface area contributed by atoms with Gasteiger partial charge in [-0.15, -0.1) is 0 Å². The molecule has 4 rings (SSSR count). The molecule has 2 aromatic carbocycles. The van der Waals surface area contributed by atoms with Crippen molar-refractivity contribution >= 4 is 11.1 Å². The molecule has 0 saturated heterocycles. The average Bonchev–Trinajstić information content (AvgIpc) is 3.17. The van der Waals surface area contributed by atoms with Crippen LogP contribution >= 0.6 is 0 Å². The zero-order valence-corrected chi connectivity index (χ0v) is 12.5. The molecule has 108 valence electrons. The summed E-state index contributed by atoms with van der Waals surface area (Å²) in [7, 11) is 0. The number of hydrogen-bond acceptors (Lipinski definition) is 3. The first-order chi connectivity index (χ1) is 10.7. The van der Waals surface area contributed by atoms with Gasteiger partial charge in [0.05, 0.1) is 6.26 Å². The average molecular weight is 289 g/mol. The van der Waals surface area contributed by atoms with Gasteiger partial charge in [-0.1, -0.05) is 18.2 Å². The van der Waals surface area contributed by atoms with Gasteiger partial charge in [-0.2, -0.15) is 0 Å². The molecule has 2 aromatic heterocycles. The molecule has 2 heterocycles. The lowest BCUT2D eigenvalue weighted by atomic mass is 10.1. The molecule has 3 heteroatoms. The standard InChI is InChI=1S/C19H15NO2/c1-12-6-3-4-7-15(12)19-20-16-11-14(17-8-5-9-21-17)10-13(2)18(16)22-19/h3-11H,1-2H3. The first-order valence-electron chi connectivity index (χ1n) is 7.23. The molecular weight excluding hydrogens is 274 g/mol. The van der Waals surface area contributed by atoms with Crippen LogP contribution in [0.15, 0.2) is 63.6 Å². The van der Waals surface area contributed by atoms with Gasteiger partial charge in [-0.3, -0.25) is 0 Å². The number of furan rings is 1. The second-order valence-electron chi connectivity index (χ2n) is 5.45. The number of aryl methyl sites for hydroxylation is 2. The van der Waals surface area contributed by atoms with Crippen molar-refractivity contribution in [2.24, 2.45) is 0 Å². The van der Waals surface area contributed by atoms with Gasteiger partial charge in [0.15, 0.2) is 5.58 Å². The Hall–Kier alpha value is -2.81. The molecule has 0 atom stereocenters. The van der Waals surface area contributed by atoms with Gasteiger partial charge in [0.1, 0.15) is 11.3 Å². The van der Waals surface area contributed by atoms with Crippen molar-refractivity contribution in [2.45, 2.75) is 13.8 Å². The van der Waals surface area contributed by atoms with Crippen LogP contribution < -0.4 is 0 Å². The van der Waals surface area contributed by atoms with Crippen molar-refractivity contribution in [3.8, 4) is 22.8 Å². The third kappa shape index (κ3) is 2.02. The topological polar surface area (TPSA) is 39.2 Å². The minimum atomic E-state index is 0.660. The Labute approximate surface area is 128 Å². The minimum Gasteiger partial charge on any atom is -0.464 e. The normalized spacial score (nSPS) is 11.2. The predicted molar refractivity (Wildman–Crippen MR) is 86.6 cm³/mol. The Kier molecular flexibility index (Phi) is 2.86. The molecule has 0 aliphatic heterocycles. The van der Waals surface area contributed by atoms with Gasteiger partial charge in [-0.25, -0.2) is 4.98 Å². The molecule has 0 fully saturated rings. The van der Waals surface area contributed by atoms with Crippen LogP contribution in [-0.2, 0) is 0 Å². The summed E-state index contributed by atoms with van der Waals surface area (Å²) in [6.07, 6.45) is 1.68. The van der Waals surface area contributed by atoms with E-state index >= 15 is 0 Å². The van der Waals surface area contributed by atoms with Crippen molar-refractivity contribution in [2.75, 3.05) is 0 Å². The van der Waals surface area contributed by atoms with Crippen LogP contribution in [0.3, 0.4) is 0 Å². The van der Waals surface area contributed by atoms with E-state index in [1.807, 2.05) is 43.3 Å². The highest BCUT2D eigenvalue weighted by atomic mass is 16.3. The highest BCUT2D eigenvalue weighted by Crippen LogP contribution is 2.32. The fourth-order valence-electron chi connectivity index (χ4n) is 2.71. The van der Waals surface area contributed by atoms with Crippen LogP contribution in [0.4, 0.5) is 0 Å². The Morgan fingerprint density at radius 1 is 0.909 bits per heavy atom. The number of benzene rings is 2. The van der Waals surface area contributed by atoms with Gasteiger partial charge in [0, 0.05) is 11.1 Å². The number of oxazole rings is 1. The monoisotopic (exact) mass is 289 g/mol. The van der Waals surface area contributed by atoms with Crippen molar-refractivity contribution < 1.29 is 8.83 Å². The molecule has 0 amide bonds. The number of rotatable bonds is 2. The minimum absolute atomic E-state index is 0.660. The number of hydrogen-bond donors (Lipinski definition) is 0. The Bertz CT molecular complexity index is 949. The Balaban J connectivity index is 1.91. The molecule has 0 bridgehead atoms. The lowest BCUT2D eigenvalue weighted by molar-refractivity contribution is 0.582. The highest BCUT2D eigenvalue weighted by molar-refractivity contribution is 5.84. The van der Waals surface area contributed by atoms with E-state index in [1.54, 1.807) is 6.26 Å². The molecule has 0 aliphatic rings. The first kappa shape index (κ1) is 12.9. The molecule has 0 N–H and O–H groups in total. The summed E-state index contributed by atoms with van der Waals surface area (Å²) in [6.45, 7) is 4.09. The third-order valence-electron chi connectivity index (χ3n) is 3.86. The highest BCUT2D eigenvalue weighted by Gasteiger charge is 2.14. The molecular formula is C19H15NO2. The lowest BCUT2D eigenvalue weighted by Crippen LogP contribution is -1.81. The maximum Gasteiger partial charge on any atom is 0.227 e. The zero-order valence-electron chi connectivity index (χ0n) is 12.5. The van der Waals surface area contributed by atoms with Gasteiger partial charge >= 0.3 is 0 Å². The smallest absolute Gasteiger partial charge is 0.227 e. The largest absolute Gasteiger partial charge is 0.464 e. The molecule has 0 aliphatic carbocycles. The van der Waals surface area contributed by atoms with Crippen LogP contribution in [-0.4, -0.2) is 4.98 Å². The van der Waals surface area contributed by atoms with E-state index in [9.17, 15) is 0 Å². The molecule has 4 aromatic rings. The van der Waals surface area contributed by atoms with E-state index in [0.717, 1.165) is 39.1 Å². The SMILES string of the molecule is Cc1ccccc1-c1nc2cc(-c3ccco3)cc(C)c2o1. The van der Waals surface area contributed by atoms with E-state index in [4.69, 9.17) is 8.83 Å². The van der Waals surface area contributed by atoms with Crippen molar-refractivity contribution in [1.82, 2.24) is 4.98 Å². The predicted octanol–water partition coefficient (Wildman–Crippen LogP) is 5.37. The fraction of sp³-hybridized carbons (Fsp3) is 0.105. The summed E-state index contributed by atoms with van der Waals surface area (Å²) in [5, 5.41) is 0. The zero-order chi connectivity index (χ0) is 15.1. The second-order valence-corrected chi connectivity index (χ2v) is 5.45. The maximum atomic E-state index is 6.00. The summed E-state index contributed by atoms with van der Waals surface area (Å²) < 4.78 is 11.5.